The van der Waals surface area contributed by atoms with Crippen LogP contribution in [0.4, 0.5) is 0 Å². The van der Waals surface area contributed by atoms with Crippen molar-refractivity contribution < 1.29 is 0 Å². The molecule has 566 valence electrons. The summed E-state index contributed by atoms with van der Waals surface area (Å²) >= 11 is 5.50. The van der Waals surface area contributed by atoms with E-state index in [-0.39, 0.29) is 0 Å². The van der Waals surface area contributed by atoms with Crippen molar-refractivity contribution >= 4 is 113 Å². The molecule has 7 heterocycles. The molecular formula is C109H72BrN9S. The van der Waals surface area contributed by atoms with Gasteiger partial charge in [-0.15, -0.1) is 11.3 Å². The highest BCUT2D eigenvalue weighted by Crippen LogP contribution is 2.44. The molecular weight excluding hydrogens is 1550 g/mol. The summed E-state index contributed by atoms with van der Waals surface area (Å²) in [5, 5.41) is 9.75. The Kier molecular flexibility index (Phi) is 19.2. The Morgan fingerprint density at radius 2 is 0.492 bits per heavy atom. The smallest absolute Gasteiger partial charge is 0.235 e. The molecule has 1 aliphatic rings. The molecule has 1 aliphatic carbocycles. The van der Waals surface area contributed by atoms with Crippen LogP contribution in [0, 0.1) is 0 Å². The Labute approximate surface area is 705 Å². The minimum absolute atomic E-state index is 0.663. The van der Waals surface area contributed by atoms with E-state index in [9.17, 15) is 0 Å². The van der Waals surface area contributed by atoms with E-state index in [1.54, 1.807) is 0 Å². The summed E-state index contributed by atoms with van der Waals surface area (Å²) in [5.41, 5.74) is 26.6. The summed E-state index contributed by atoms with van der Waals surface area (Å²) in [6, 6.07) is 148. The van der Waals surface area contributed by atoms with Gasteiger partial charge in [0.25, 0.3) is 0 Å². The molecule has 0 bridgehead atoms. The molecule has 0 saturated carbocycles. The summed E-state index contributed by atoms with van der Waals surface area (Å²) in [4.78, 5) is 30.5. The zero-order valence-corrected chi connectivity index (χ0v) is 67.3. The lowest BCUT2D eigenvalue weighted by Gasteiger charge is -2.12. The number of hydrogen-bond acceptors (Lipinski definition) is 7. The molecule has 9 nitrogen and oxygen atoms in total. The van der Waals surface area contributed by atoms with Gasteiger partial charge in [-0.25, -0.2) is 29.9 Å². The molecule has 0 radical (unpaired) electrons. The van der Waals surface area contributed by atoms with E-state index >= 15 is 0 Å². The molecule has 0 atom stereocenters. The summed E-state index contributed by atoms with van der Waals surface area (Å²) < 4.78 is 10.2. The first-order chi connectivity index (χ1) is 59.4. The fourth-order valence-electron chi connectivity index (χ4n) is 16.9. The predicted molar refractivity (Wildman–Crippen MR) is 502 cm³/mol. The van der Waals surface area contributed by atoms with Gasteiger partial charge in [-0.2, -0.15) is 0 Å². The molecule has 0 spiro atoms. The van der Waals surface area contributed by atoms with Gasteiger partial charge < -0.3 is 0 Å². The summed E-state index contributed by atoms with van der Waals surface area (Å²) in [6.07, 6.45) is 1.10. The lowest BCUT2D eigenvalue weighted by Crippen LogP contribution is -2.03. The van der Waals surface area contributed by atoms with E-state index in [0.29, 0.717) is 17.8 Å². The van der Waals surface area contributed by atoms with Crippen molar-refractivity contribution in [3.05, 3.63) is 440 Å². The van der Waals surface area contributed by atoms with Crippen molar-refractivity contribution in [3.63, 3.8) is 0 Å². The first-order valence-corrected chi connectivity index (χ1v) is 41.8. The second-order valence-corrected chi connectivity index (χ2v) is 31.7. The molecule has 24 rings (SSSR count). The van der Waals surface area contributed by atoms with Crippen LogP contribution in [-0.4, -0.2) is 43.6 Å². The summed E-state index contributed by atoms with van der Waals surface area (Å²) in [5.74, 6) is 2.01. The number of para-hydroxylation sites is 4. The first kappa shape index (κ1) is 72.6. The van der Waals surface area contributed by atoms with Crippen molar-refractivity contribution in [1.29, 1.82) is 0 Å². The maximum atomic E-state index is 5.17. The topological polar surface area (TPSA) is 92.1 Å². The average Bonchev–Trinajstić information content (AvgIpc) is 1.60. The van der Waals surface area contributed by atoms with E-state index in [1.807, 2.05) is 96.3 Å². The quantitative estimate of drug-likeness (QED) is 0.135. The lowest BCUT2D eigenvalue weighted by atomic mass is 10.0. The Hall–Kier alpha value is -15.1. The van der Waals surface area contributed by atoms with Crippen molar-refractivity contribution in [1.82, 2.24) is 43.6 Å². The lowest BCUT2D eigenvalue weighted by molar-refractivity contribution is 0.995. The van der Waals surface area contributed by atoms with E-state index in [2.05, 4.69) is 369 Å². The number of halogens is 1. The van der Waals surface area contributed by atoms with Crippen molar-refractivity contribution in [2.75, 3.05) is 0 Å². The number of thiophene rings is 1. The Morgan fingerprint density at radius 3 is 0.875 bits per heavy atom. The van der Waals surface area contributed by atoms with Gasteiger partial charge in [-0.3, -0.25) is 13.7 Å². The number of aromatic nitrogens is 9. The minimum atomic E-state index is 0.663. The second kappa shape index (κ2) is 31.8. The highest BCUT2D eigenvalue weighted by molar-refractivity contribution is 9.10. The van der Waals surface area contributed by atoms with E-state index in [1.165, 1.54) is 85.9 Å². The van der Waals surface area contributed by atoms with Crippen molar-refractivity contribution in [3.8, 4) is 108 Å². The fraction of sp³-hybridized carbons (Fsp3) is 0.00917. The highest BCUT2D eigenvalue weighted by Gasteiger charge is 2.23. The SMILES string of the molecule is Brc1ccc2c(c1)c1ccccc1n2-c1nc(-c2ccccc2)cc(-c2ccccc2)n1.c1ccc(-c2cc(-c3ccccc3)nc(-n3c4ccccc4c4cc(-c5cccc6c5sc5ccccc56)ccc43)n2)cc1.c1ccc(-c2cc(-c3ccccc3)nc(-n3c4ccccc4c4ccccc43)n2)cc1.c1ccc2c(c1)Cc1ccccc1-2. The second-order valence-electron chi connectivity index (χ2n) is 29.8. The van der Waals surface area contributed by atoms with Crippen LogP contribution in [0.2, 0.25) is 0 Å². The highest BCUT2D eigenvalue weighted by atomic mass is 79.9. The third-order valence-electron chi connectivity index (χ3n) is 22.5. The molecule has 120 heavy (non-hydrogen) atoms. The number of benzene rings is 16. The Balaban J connectivity index is 0.000000105. The van der Waals surface area contributed by atoms with Gasteiger partial charge in [0.15, 0.2) is 0 Å². The number of rotatable bonds is 10. The maximum absolute atomic E-state index is 5.17. The number of fused-ring (bicyclic) bond motifs is 15. The zero-order valence-electron chi connectivity index (χ0n) is 64.9. The summed E-state index contributed by atoms with van der Waals surface area (Å²) in [7, 11) is 0. The number of hydrogen-bond donors (Lipinski definition) is 0. The van der Waals surface area contributed by atoms with Gasteiger partial charge in [-0.05, 0) is 119 Å². The molecule has 7 aromatic heterocycles. The van der Waals surface area contributed by atoms with Crippen LogP contribution in [0.15, 0.2) is 429 Å². The fourth-order valence-corrected chi connectivity index (χ4v) is 18.5. The van der Waals surface area contributed by atoms with Gasteiger partial charge in [0.2, 0.25) is 17.8 Å². The molecule has 0 N–H and O–H groups in total. The van der Waals surface area contributed by atoms with Crippen molar-refractivity contribution in [2.24, 2.45) is 0 Å². The normalized spacial score (nSPS) is 11.5. The molecule has 0 aliphatic heterocycles. The van der Waals surface area contributed by atoms with Crippen LogP contribution >= 0.6 is 27.3 Å². The van der Waals surface area contributed by atoms with Gasteiger partial charge in [0, 0.05) is 90.3 Å². The molecule has 0 amide bonds. The maximum Gasteiger partial charge on any atom is 0.235 e. The first-order valence-electron chi connectivity index (χ1n) is 40.2. The van der Waals surface area contributed by atoms with Gasteiger partial charge in [0.1, 0.15) is 0 Å². The van der Waals surface area contributed by atoms with E-state index in [4.69, 9.17) is 29.9 Å². The van der Waals surface area contributed by atoms with Gasteiger partial charge >= 0.3 is 0 Å². The molecule has 0 fully saturated rings. The van der Waals surface area contributed by atoms with Gasteiger partial charge in [-0.1, -0.05) is 362 Å². The average molecular weight is 1620 g/mol. The Morgan fingerprint density at radius 1 is 0.208 bits per heavy atom. The molecule has 0 saturated heterocycles. The third kappa shape index (κ3) is 13.8. The van der Waals surface area contributed by atoms with Crippen molar-refractivity contribution in [2.45, 2.75) is 6.42 Å². The van der Waals surface area contributed by atoms with Gasteiger partial charge in [0.05, 0.1) is 67.3 Å². The van der Waals surface area contributed by atoms with Crippen LogP contribution in [-0.2, 0) is 6.42 Å². The van der Waals surface area contributed by atoms with Crippen LogP contribution in [0.3, 0.4) is 0 Å². The molecule has 11 heteroatoms. The number of nitrogens with zero attached hydrogens (tertiary/aromatic N) is 9. The van der Waals surface area contributed by atoms with E-state index in [0.717, 1.165) is 112 Å². The standard InChI is InChI=1S/C40H25N3S.C28H18BrN3.C28H19N3.C13H10/c1-3-12-26(13-4-1)34-25-35(27-14-5-2-6-15-27)42-40(41-34)43-36-20-9-7-16-30(36)33-24-28(22-23-37(33)43)29-18-11-19-32-31-17-8-10-21-38(31)44-39(29)32;29-21-15-16-27-23(17-21)22-13-7-8-14-26(22)32(27)28-30-24(19-9-3-1-4-10-19)18-25(31-28)20-11-5-2-6-12-20;1-3-11-20(12-4-1)24-19-25(21-13-5-2-6-14-21)30-28(29-24)31-26-17-9-7-15-22(26)23-16-8-10-18-27(23)31;1-3-7-12-10(5-1)9-11-6-2-4-8-13(11)12/h1-25H;1-18H;1-19H;1-8H,9H2. The molecule has 16 aromatic carbocycles. The summed E-state index contributed by atoms with van der Waals surface area (Å²) in [6.45, 7) is 0. The Bertz CT molecular complexity index is 7490. The van der Waals surface area contributed by atoms with Crippen LogP contribution in [0.5, 0.6) is 0 Å². The third-order valence-corrected chi connectivity index (χ3v) is 24.2. The van der Waals surface area contributed by atoms with Crippen LogP contribution in [0.1, 0.15) is 11.1 Å². The van der Waals surface area contributed by atoms with E-state index < -0.39 is 0 Å². The monoisotopic (exact) mass is 1620 g/mol. The zero-order chi connectivity index (χ0) is 79.8. The molecule has 0 unspecified atom stereocenters. The minimum Gasteiger partial charge on any atom is -0.278 e. The predicted octanol–water partition coefficient (Wildman–Crippen LogP) is 28.8. The van der Waals surface area contributed by atoms with Crippen LogP contribution in [0.25, 0.3) is 193 Å². The molecule has 23 aromatic rings. The van der Waals surface area contributed by atoms with Crippen LogP contribution < -0.4 is 0 Å². The largest absolute Gasteiger partial charge is 0.278 e.